The summed E-state index contributed by atoms with van der Waals surface area (Å²) in [5.41, 5.74) is 1.12. The molecule has 0 aliphatic rings. The highest BCUT2D eigenvalue weighted by Gasteiger charge is 2.18. The fourth-order valence-corrected chi connectivity index (χ4v) is 2.60. The van der Waals surface area contributed by atoms with E-state index in [-0.39, 0.29) is 5.54 Å². The molecular weight excluding hydrogens is 274 g/mol. The maximum Gasteiger partial charge on any atom is 0.161 e. The molecule has 0 aliphatic heterocycles. The van der Waals surface area contributed by atoms with Crippen molar-refractivity contribution in [2.24, 2.45) is 0 Å². The zero-order valence-corrected chi connectivity index (χ0v) is 14.0. The summed E-state index contributed by atoms with van der Waals surface area (Å²) in [6, 6.07) is 4.05. The molecule has 4 nitrogen and oxygen atoms in total. The number of thioether (sulfide) groups is 1. The van der Waals surface area contributed by atoms with Crippen LogP contribution >= 0.6 is 11.8 Å². The zero-order valence-electron chi connectivity index (χ0n) is 13.2. The Morgan fingerprint density at radius 1 is 1.10 bits per heavy atom. The summed E-state index contributed by atoms with van der Waals surface area (Å²) in [6.07, 6.45) is 2.06. The van der Waals surface area contributed by atoms with Gasteiger partial charge in [-0.25, -0.2) is 0 Å². The van der Waals surface area contributed by atoms with Gasteiger partial charge in [0.1, 0.15) is 0 Å². The van der Waals surface area contributed by atoms with E-state index in [4.69, 9.17) is 14.2 Å². The van der Waals surface area contributed by atoms with Gasteiger partial charge in [-0.05, 0) is 37.8 Å². The highest BCUT2D eigenvalue weighted by Crippen LogP contribution is 2.34. The van der Waals surface area contributed by atoms with Crippen LogP contribution in [-0.2, 0) is 11.3 Å². The van der Waals surface area contributed by atoms with Gasteiger partial charge in [-0.3, -0.25) is 0 Å². The van der Waals surface area contributed by atoms with Gasteiger partial charge < -0.3 is 19.5 Å². The van der Waals surface area contributed by atoms with E-state index in [9.17, 15) is 0 Å². The van der Waals surface area contributed by atoms with E-state index >= 15 is 0 Å². The van der Waals surface area contributed by atoms with Crippen LogP contribution in [0.2, 0.25) is 0 Å². The molecular formula is C15H25NO3S. The maximum atomic E-state index is 5.37. The molecule has 0 atom stereocenters. The maximum absolute atomic E-state index is 5.37. The van der Waals surface area contributed by atoms with E-state index in [1.54, 1.807) is 33.1 Å². The van der Waals surface area contributed by atoms with Gasteiger partial charge in [0.15, 0.2) is 11.5 Å². The normalized spacial score (nSPS) is 11.5. The SMILES string of the molecule is COCC(C)(C)NCc1cc(OC)c(OC)cc1SC. The van der Waals surface area contributed by atoms with Crippen molar-refractivity contribution < 1.29 is 14.2 Å². The lowest BCUT2D eigenvalue weighted by molar-refractivity contribution is 0.127. The topological polar surface area (TPSA) is 39.7 Å². The molecule has 0 saturated carbocycles. The quantitative estimate of drug-likeness (QED) is 0.747. The van der Waals surface area contributed by atoms with Crippen LogP contribution in [0.3, 0.4) is 0 Å². The first-order valence-corrected chi connectivity index (χ1v) is 7.72. The van der Waals surface area contributed by atoms with Crippen LogP contribution in [0.4, 0.5) is 0 Å². The first-order chi connectivity index (χ1) is 9.47. The van der Waals surface area contributed by atoms with Crippen LogP contribution < -0.4 is 14.8 Å². The van der Waals surface area contributed by atoms with Crippen LogP contribution in [0.5, 0.6) is 11.5 Å². The number of hydrogen-bond acceptors (Lipinski definition) is 5. The number of nitrogens with one attached hydrogen (secondary N) is 1. The standard InChI is InChI=1S/C15H25NO3S/c1-15(2,10-17-3)16-9-11-7-12(18-4)13(19-5)8-14(11)20-6/h7-8,16H,9-10H2,1-6H3. The van der Waals surface area contributed by atoms with Crippen LogP contribution in [0.15, 0.2) is 17.0 Å². The molecule has 20 heavy (non-hydrogen) atoms. The molecule has 1 aromatic rings. The van der Waals surface area contributed by atoms with Gasteiger partial charge in [0, 0.05) is 24.1 Å². The highest BCUT2D eigenvalue weighted by atomic mass is 32.2. The van der Waals surface area contributed by atoms with Crippen molar-refractivity contribution in [2.45, 2.75) is 30.8 Å². The van der Waals surface area contributed by atoms with Gasteiger partial charge in [0.05, 0.1) is 20.8 Å². The summed E-state index contributed by atoms with van der Waals surface area (Å²) in [6.45, 7) is 5.66. The fourth-order valence-electron chi connectivity index (χ4n) is 1.98. The van der Waals surface area contributed by atoms with Gasteiger partial charge in [-0.15, -0.1) is 11.8 Å². The minimum Gasteiger partial charge on any atom is -0.493 e. The highest BCUT2D eigenvalue weighted by molar-refractivity contribution is 7.98. The van der Waals surface area contributed by atoms with E-state index in [1.165, 1.54) is 10.5 Å². The van der Waals surface area contributed by atoms with Crippen molar-refractivity contribution in [1.82, 2.24) is 5.32 Å². The Morgan fingerprint density at radius 3 is 2.20 bits per heavy atom. The molecule has 0 fully saturated rings. The molecule has 0 aliphatic carbocycles. The van der Waals surface area contributed by atoms with Crippen molar-refractivity contribution in [3.63, 3.8) is 0 Å². The van der Waals surface area contributed by atoms with Crippen molar-refractivity contribution in [3.8, 4) is 11.5 Å². The zero-order chi connectivity index (χ0) is 15.2. The van der Waals surface area contributed by atoms with E-state index in [0.29, 0.717) is 6.61 Å². The minimum absolute atomic E-state index is 0.0718. The molecule has 1 N–H and O–H groups in total. The fraction of sp³-hybridized carbons (Fsp3) is 0.600. The molecule has 0 bridgehead atoms. The number of methoxy groups -OCH3 is 3. The second-order valence-electron chi connectivity index (χ2n) is 5.19. The first-order valence-electron chi connectivity index (χ1n) is 6.50. The smallest absolute Gasteiger partial charge is 0.161 e. The lowest BCUT2D eigenvalue weighted by atomic mass is 10.1. The Hall–Kier alpha value is -0.910. The monoisotopic (exact) mass is 299 g/mol. The minimum atomic E-state index is -0.0718. The summed E-state index contributed by atoms with van der Waals surface area (Å²) in [5.74, 6) is 1.52. The van der Waals surface area contributed by atoms with Crippen LogP contribution in [-0.4, -0.2) is 39.7 Å². The number of ether oxygens (including phenoxy) is 3. The Morgan fingerprint density at radius 2 is 1.70 bits per heavy atom. The predicted octanol–water partition coefficient (Wildman–Crippen LogP) is 2.94. The number of benzene rings is 1. The third kappa shape index (κ3) is 4.58. The second kappa shape index (κ2) is 7.76. The van der Waals surface area contributed by atoms with Gasteiger partial charge in [0.25, 0.3) is 0 Å². The molecule has 114 valence electrons. The Kier molecular flexibility index (Phi) is 6.65. The van der Waals surface area contributed by atoms with Crippen molar-refractivity contribution >= 4 is 11.8 Å². The summed E-state index contributed by atoms with van der Waals surface area (Å²) < 4.78 is 15.9. The van der Waals surface area contributed by atoms with Crippen molar-refractivity contribution in [3.05, 3.63) is 17.7 Å². The van der Waals surface area contributed by atoms with Crippen molar-refractivity contribution in [1.29, 1.82) is 0 Å². The van der Waals surface area contributed by atoms with Crippen LogP contribution in [0.1, 0.15) is 19.4 Å². The molecule has 5 heteroatoms. The molecule has 0 amide bonds. The van der Waals surface area contributed by atoms with Crippen LogP contribution in [0, 0.1) is 0 Å². The second-order valence-corrected chi connectivity index (χ2v) is 6.04. The third-order valence-electron chi connectivity index (χ3n) is 3.05. The van der Waals surface area contributed by atoms with Crippen molar-refractivity contribution in [2.75, 3.05) is 34.2 Å². The Labute approximate surface area is 126 Å². The Bertz CT molecular complexity index is 435. The van der Waals surface area contributed by atoms with Gasteiger partial charge >= 0.3 is 0 Å². The number of hydrogen-bond donors (Lipinski definition) is 1. The molecule has 0 aromatic heterocycles. The molecule has 0 radical (unpaired) electrons. The van der Waals surface area contributed by atoms with E-state index in [2.05, 4.69) is 25.4 Å². The Balaban J connectivity index is 2.93. The predicted molar refractivity (Wildman–Crippen MR) is 84.1 cm³/mol. The average Bonchev–Trinajstić information content (AvgIpc) is 2.44. The van der Waals surface area contributed by atoms with Gasteiger partial charge in [-0.1, -0.05) is 0 Å². The lowest BCUT2D eigenvalue weighted by Crippen LogP contribution is -2.42. The summed E-state index contributed by atoms with van der Waals surface area (Å²) >= 11 is 1.70. The molecule has 0 spiro atoms. The average molecular weight is 299 g/mol. The molecule has 0 heterocycles. The van der Waals surface area contributed by atoms with Gasteiger partial charge in [-0.2, -0.15) is 0 Å². The molecule has 1 rings (SSSR count). The van der Waals surface area contributed by atoms with E-state index < -0.39 is 0 Å². The third-order valence-corrected chi connectivity index (χ3v) is 3.87. The molecule has 0 unspecified atom stereocenters. The molecule has 1 aromatic carbocycles. The largest absolute Gasteiger partial charge is 0.493 e. The van der Waals surface area contributed by atoms with Gasteiger partial charge in [0.2, 0.25) is 0 Å². The summed E-state index contributed by atoms with van der Waals surface area (Å²) in [4.78, 5) is 1.18. The summed E-state index contributed by atoms with van der Waals surface area (Å²) in [5, 5.41) is 3.51. The first kappa shape index (κ1) is 17.1. The molecule has 0 saturated heterocycles. The number of rotatable bonds is 8. The summed E-state index contributed by atoms with van der Waals surface area (Å²) in [7, 11) is 5.03. The lowest BCUT2D eigenvalue weighted by Gasteiger charge is -2.26. The van der Waals surface area contributed by atoms with Crippen LogP contribution in [0.25, 0.3) is 0 Å². The van der Waals surface area contributed by atoms with E-state index in [0.717, 1.165) is 18.0 Å². The van der Waals surface area contributed by atoms with E-state index in [1.807, 2.05) is 12.1 Å².